The lowest BCUT2D eigenvalue weighted by Crippen LogP contribution is -2.05. The van der Waals surface area contributed by atoms with Crippen molar-refractivity contribution in [3.8, 4) is 0 Å². The molecule has 2 rings (SSSR count). The summed E-state index contributed by atoms with van der Waals surface area (Å²) in [5.74, 6) is 0.520. The lowest BCUT2D eigenvalue weighted by Gasteiger charge is -2.10. The van der Waals surface area contributed by atoms with Crippen LogP contribution in [0.1, 0.15) is 5.56 Å². The molecule has 0 atom stereocenters. The van der Waals surface area contributed by atoms with Crippen LogP contribution in [0.15, 0.2) is 18.3 Å². The van der Waals surface area contributed by atoms with Gasteiger partial charge >= 0.3 is 0 Å². The highest BCUT2D eigenvalue weighted by Crippen LogP contribution is 2.35. The summed E-state index contributed by atoms with van der Waals surface area (Å²) in [7, 11) is 1.73. The van der Waals surface area contributed by atoms with Crippen LogP contribution in [-0.2, 0) is 13.6 Å². The Bertz CT molecular complexity index is 648. The Kier molecular flexibility index (Phi) is 4.01. The third-order valence-corrected chi connectivity index (χ3v) is 3.35. The summed E-state index contributed by atoms with van der Waals surface area (Å²) in [5, 5.41) is 18.0. The van der Waals surface area contributed by atoms with E-state index in [-0.39, 0.29) is 15.7 Å². The van der Waals surface area contributed by atoms with Crippen molar-refractivity contribution >= 4 is 40.4 Å². The first kappa shape index (κ1) is 14.4. The predicted octanol–water partition coefficient (Wildman–Crippen LogP) is 2.83. The van der Waals surface area contributed by atoms with Gasteiger partial charge in [-0.2, -0.15) is 5.10 Å². The fourth-order valence-corrected chi connectivity index (χ4v) is 2.26. The van der Waals surface area contributed by atoms with Crippen LogP contribution >= 0.6 is 23.2 Å². The fraction of sp³-hybridized carbons (Fsp3) is 0.182. The molecule has 1 heterocycles. The van der Waals surface area contributed by atoms with Crippen molar-refractivity contribution in [3.05, 3.63) is 44.1 Å². The molecule has 7 nitrogen and oxygen atoms in total. The number of hydrogen-bond donors (Lipinski definition) is 2. The number of nitro groups is 1. The molecule has 0 saturated heterocycles. The second-order valence-corrected chi connectivity index (χ2v) is 4.89. The molecule has 0 bridgehead atoms. The van der Waals surface area contributed by atoms with Crippen molar-refractivity contribution in [1.29, 1.82) is 0 Å². The van der Waals surface area contributed by atoms with Crippen LogP contribution in [-0.4, -0.2) is 14.7 Å². The van der Waals surface area contributed by atoms with Gasteiger partial charge < -0.3 is 11.1 Å². The molecule has 1 aromatic heterocycles. The lowest BCUT2D eigenvalue weighted by molar-refractivity contribution is -0.384. The monoisotopic (exact) mass is 315 g/mol. The van der Waals surface area contributed by atoms with Crippen LogP contribution in [0.3, 0.4) is 0 Å². The van der Waals surface area contributed by atoms with Gasteiger partial charge in [0.05, 0.1) is 26.9 Å². The number of nitrogens with two attached hydrogens (primary N) is 1. The van der Waals surface area contributed by atoms with E-state index in [1.54, 1.807) is 13.2 Å². The first-order chi connectivity index (χ1) is 9.40. The van der Waals surface area contributed by atoms with E-state index in [2.05, 4.69) is 10.4 Å². The van der Waals surface area contributed by atoms with E-state index in [0.717, 1.165) is 5.56 Å². The average molecular weight is 316 g/mol. The van der Waals surface area contributed by atoms with E-state index in [1.165, 1.54) is 16.8 Å². The van der Waals surface area contributed by atoms with Crippen LogP contribution in [0.4, 0.5) is 17.2 Å². The highest BCUT2D eigenvalue weighted by Gasteiger charge is 2.15. The Morgan fingerprint density at radius 2 is 2.05 bits per heavy atom. The minimum Gasteiger partial charge on any atom is -0.384 e. The Hall–Kier alpha value is -1.99. The van der Waals surface area contributed by atoms with E-state index in [0.29, 0.717) is 18.1 Å². The van der Waals surface area contributed by atoms with Crippen molar-refractivity contribution in [2.75, 3.05) is 11.1 Å². The summed E-state index contributed by atoms with van der Waals surface area (Å²) in [6.45, 7) is 0.358. The summed E-state index contributed by atoms with van der Waals surface area (Å²) >= 11 is 12.0. The topological polar surface area (TPSA) is 99.0 Å². The molecule has 1 aromatic carbocycles. The summed E-state index contributed by atoms with van der Waals surface area (Å²) in [6.07, 6.45) is 1.62. The molecule has 2 aromatic rings. The molecule has 0 aliphatic heterocycles. The van der Waals surface area contributed by atoms with Gasteiger partial charge in [-0.25, -0.2) is 0 Å². The molecule has 0 unspecified atom stereocenters. The summed E-state index contributed by atoms with van der Waals surface area (Å²) < 4.78 is 1.54. The maximum Gasteiger partial charge on any atom is 0.272 e. The van der Waals surface area contributed by atoms with E-state index < -0.39 is 4.92 Å². The van der Waals surface area contributed by atoms with Gasteiger partial charge in [-0.15, -0.1) is 0 Å². The van der Waals surface area contributed by atoms with Crippen molar-refractivity contribution in [3.63, 3.8) is 0 Å². The van der Waals surface area contributed by atoms with Crippen molar-refractivity contribution in [2.24, 2.45) is 7.05 Å². The van der Waals surface area contributed by atoms with Gasteiger partial charge in [0.25, 0.3) is 5.69 Å². The molecule has 9 heteroatoms. The van der Waals surface area contributed by atoms with Gasteiger partial charge in [-0.1, -0.05) is 23.2 Å². The molecule has 0 amide bonds. The number of anilines is 2. The smallest absolute Gasteiger partial charge is 0.272 e. The normalized spacial score (nSPS) is 10.6. The molecule has 0 radical (unpaired) electrons. The summed E-state index contributed by atoms with van der Waals surface area (Å²) in [6, 6.07) is 2.48. The Morgan fingerprint density at radius 1 is 1.45 bits per heavy atom. The number of nitrogen functional groups attached to an aromatic ring is 1. The first-order valence-electron chi connectivity index (χ1n) is 5.53. The Balaban J connectivity index is 2.22. The Labute approximate surface area is 124 Å². The number of aromatic nitrogens is 2. The zero-order valence-electron chi connectivity index (χ0n) is 10.4. The highest BCUT2D eigenvalue weighted by atomic mass is 35.5. The maximum atomic E-state index is 10.7. The number of halogens is 2. The number of aryl methyl sites for hydroxylation is 1. The van der Waals surface area contributed by atoms with Gasteiger partial charge in [0, 0.05) is 31.3 Å². The zero-order chi connectivity index (χ0) is 14.9. The molecule has 20 heavy (non-hydrogen) atoms. The number of nitrogens with one attached hydrogen (secondary N) is 1. The second-order valence-electron chi connectivity index (χ2n) is 4.07. The van der Waals surface area contributed by atoms with Crippen molar-refractivity contribution in [1.82, 2.24) is 9.78 Å². The highest BCUT2D eigenvalue weighted by molar-refractivity contribution is 6.39. The molecule has 0 spiro atoms. The van der Waals surface area contributed by atoms with Crippen LogP contribution in [0.2, 0.25) is 10.0 Å². The Morgan fingerprint density at radius 3 is 2.50 bits per heavy atom. The molecular weight excluding hydrogens is 305 g/mol. The second kappa shape index (κ2) is 5.56. The number of nitrogens with zero attached hydrogens (tertiary/aromatic N) is 3. The fourth-order valence-electron chi connectivity index (χ4n) is 1.65. The molecule has 0 aliphatic carbocycles. The molecule has 0 fully saturated rings. The van der Waals surface area contributed by atoms with Crippen LogP contribution in [0.25, 0.3) is 0 Å². The SMILES string of the molecule is Cn1ncc(CNc2c(Cl)cc([N+](=O)[O-])cc2Cl)c1N. The van der Waals surface area contributed by atoms with Gasteiger partial charge in [-0.05, 0) is 0 Å². The predicted molar refractivity (Wildman–Crippen MR) is 78.1 cm³/mol. The largest absolute Gasteiger partial charge is 0.384 e. The van der Waals surface area contributed by atoms with Gasteiger partial charge in [0.15, 0.2) is 0 Å². The number of rotatable bonds is 4. The standard InChI is InChI=1S/C11H11Cl2N5O2/c1-17-11(14)6(5-16-17)4-15-10-8(12)2-7(18(19)20)3-9(10)13/h2-3,5,15H,4,14H2,1H3. The van der Waals surface area contributed by atoms with Crippen LogP contribution in [0, 0.1) is 10.1 Å². The third kappa shape index (κ3) is 2.78. The van der Waals surface area contributed by atoms with Crippen LogP contribution < -0.4 is 11.1 Å². The van der Waals surface area contributed by atoms with Crippen LogP contribution in [0.5, 0.6) is 0 Å². The summed E-state index contributed by atoms with van der Waals surface area (Å²) in [4.78, 5) is 10.1. The van der Waals surface area contributed by atoms with Crippen molar-refractivity contribution < 1.29 is 4.92 Å². The number of hydrogen-bond acceptors (Lipinski definition) is 5. The number of non-ortho nitro benzene ring substituents is 1. The minimum atomic E-state index is -0.555. The van der Waals surface area contributed by atoms with E-state index in [1.807, 2.05) is 0 Å². The van der Waals surface area contributed by atoms with Gasteiger partial charge in [0.1, 0.15) is 5.82 Å². The van der Waals surface area contributed by atoms with Crippen molar-refractivity contribution in [2.45, 2.75) is 6.54 Å². The molecule has 106 valence electrons. The number of nitro benzene ring substituents is 1. The first-order valence-corrected chi connectivity index (χ1v) is 6.29. The molecule has 3 N–H and O–H groups in total. The van der Waals surface area contributed by atoms with E-state index in [9.17, 15) is 10.1 Å². The maximum absolute atomic E-state index is 10.7. The average Bonchev–Trinajstić information content (AvgIpc) is 2.69. The van der Waals surface area contributed by atoms with Gasteiger partial charge in [0.2, 0.25) is 0 Å². The van der Waals surface area contributed by atoms with E-state index >= 15 is 0 Å². The lowest BCUT2D eigenvalue weighted by atomic mass is 10.2. The van der Waals surface area contributed by atoms with Gasteiger partial charge in [-0.3, -0.25) is 14.8 Å². The van der Waals surface area contributed by atoms with E-state index in [4.69, 9.17) is 28.9 Å². The minimum absolute atomic E-state index is 0.161. The summed E-state index contributed by atoms with van der Waals surface area (Å²) in [5.41, 5.74) is 6.85. The quantitative estimate of drug-likeness (QED) is 0.667. The zero-order valence-corrected chi connectivity index (χ0v) is 11.9. The third-order valence-electron chi connectivity index (χ3n) is 2.76. The molecular formula is C11H11Cl2N5O2. The molecule has 0 saturated carbocycles. The number of benzene rings is 1. The molecule has 0 aliphatic rings.